The van der Waals surface area contributed by atoms with Gasteiger partial charge < -0.3 is 9.84 Å². The fourth-order valence-electron chi connectivity index (χ4n) is 3.37. The van der Waals surface area contributed by atoms with Gasteiger partial charge in [0.15, 0.2) is 0 Å². The smallest absolute Gasteiger partial charge is 0.123 e. The van der Waals surface area contributed by atoms with Gasteiger partial charge in [-0.3, -0.25) is 4.90 Å². The molecule has 1 aliphatic heterocycles. The number of ether oxygens (including phenoxy) is 1. The van der Waals surface area contributed by atoms with Gasteiger partial charge in [-0.15, -0.1) is 0 Å². The first-order chi connectivity index (χ1) is 12.2. The van der Waals surface area contributed by atoms with Crippen LogP contribution in [-0.4, -0.2) is 36.3 Å². The second-order valence-electron chi connectivity index (χ2n) is 6.80. The van der Waals surface area contributed by atoms with Crippen molar-refractivity contribution in [3.05, 3.63) is 71.5 Å². The van der Waals surface area contributed by atoms with Gasteiger partial charge in [-0.05, 0) is 42.0 Å². The zero-order valence-corrected chi connectivity index (χ0v) is 14.5. The zero-order chi connectivity index (χ0) is 17.5. The molecule has 3 nitrogen and oxygen atoms in total. The summed E-state index contributed by atoms with van der Waals surface area (Å²) in [5, 5.41) is 10.6. The maximum atomic E-state index is 13.1. The average molecular weight is 343 g/mol. The van der Waals surface area contributed by atoms with E-state index in [2.05, 4.69) is 17.0 Å². The molecule has 1 aliphatic rings. The van der Waals surface area contributed by atoms with Gasteiger partial charge in [-0.2, -0.15) is 0 Å². The third-order valence-electron chi connectivity index (χ3n) is 4.79. The lowest BCUT2D eigenvalue weighted by molar-refractivity contribution is 0.0400. The lowest BCUT2D eigenvalue weighted by Gasteiger charge is -2.31. The van der Waals surface area contributed by atoms with Crippen LogP contribution in [0.2, 0.25) is 0 Å². The van der Waals surface area contributed by atoms with E-state index in [1.54, 1.807) is 12.1 Å². The highest BCUT2D eigenvalue weighted by Gasteiger charge is 2.20. The molecule has 0 aromatic heterocycles. The molecule has 2 aromatic carbocycles. The minimum absolute atomic E-state index is 0.278. The fraction of sp³-hybridized carbons (Fsp3) is 0.429. The number of halogens is 1. The monoisotopic (exact) mass is 343 g/mol. The molecule has 1 heterocycles. The molecule has 1 atom stereocenters. The van der Waals surface area contributed by atoms with Crippen LogP contribution in [0.3, 0.4) is 0 Å². The van der Waals surface area contributed by atoms with Crippen LogP contribution in [-0.2, 0) is 11.3 Å². The van der Waals surface area contributed by atoms with E-state index in [4.69, 9.17) is 4.74 Å². The Morgan fingerprint density at radius 1 is 1.04 bits per heavy atom. The van der Waals surface area contributed by atoms with E-state index in [0.717, 1.165) is 44.7 Å². The van der Waals surface area contributed by atoms with Crippen LogP contribution in [0.25, 0.3) is 0 Å². The quantitative estimate of drug-likeness (QED) is 0.830. The van der Waals surface area contributed by atoms with Crippen LogP contribution in [0.5, 0.6) is 0 Å². The van der Waals surface area contributed by atoms with Crippen molar-refractivity contribution in [2.45, 2.75) is 25.5 Å². The molecule has 3 rings (SSSR count). The SMILES string of the molecule is OC(CN(Cc1ccccc1)CC1CCOCC1)c1ccc(F)cc1. The first kappa shape index (κ1) is 18.1. The van der Waals surface area contributed by atoms with Crippen molar-refractivity contribution >= 4 is 0 Å². The van der Waals surface area contributed by atoms with E-state index in [0.29, 0.717) is 12.5 Å². The summed E-state index contributed by atoms with van der Waals surface area (Å²) < 4.78 is 18.6. The van der Waals surface area contributed by atoms with Gasteiger partial charge in [-0.1, -0.05) is 42.5 Å². The maximum absolute atomic E-state index is 13.1. The highest BCUT2D eigenvalue weighted by molar-refractivity contribution is 5.19. The molecule has 0 saturated carbocycles. The fourth-order valence-corrected chi connectivity index (χ4v) is 3.37. The summed E-state index contributed by atoms with van der Waals surface area (Å²) in [6.45, 7) is 3.93. The molecule has 4 heteroatoms. The van der Waals surface area contributed by atoms with Gasteiger partial charge in [0.2, 0.25) is 0 Å². The minimum atomic E-state index is -0.621. The predicted octanol–water partition coefficient (Wildman–Crippen LogP) is 3.79. The molecule has 0 spiro atoms. The number of hydrogen-bond acceptors (Lipinski definition) is 3. The first-order valence-electron chi connectivity index (χ1n) is 8.98. The van der Waals surface area contributed by atoms with Crippen LogP contribution in [0.15, 0.2) is 54.6 Å². The number of hydrogen-bond donors (Lipinski definition) is 1. The van der Waals surface area contributed by atoms with Crippen LogP contribution in [0.4, 0.5) is 4.39 Å². The largest absolute Gasteiger partial charge is 0.387 e. The van der Waals surface area contributed by atoms with Gasteiger partial charge in [0.1, 0.15) is 5.82 Å². The zero-order valence-electron chi connectivity index (χ0n) is 14.5. The molecular formula is C21H26FNO2. The van der Waals surface area contributed by atoms with E-state index < -0.39 is 6.10 Å². The summed E-state index contributed by atoms with van der Waals surface area (Å²) in [7, 11) is 0. The molecule has 1 N–H and O–H groups in total. The second kappa shape index (κ2) is 9.09. The van der Waals surface area contributed by atoms with Gasteiger partial charge in [-0.25, -0.2) is 4.39 Å². The predicted molar refractivity (Wildman–Crippen MR) is 96.6 cm³/mol. The van der Waals surface area contributed by atoms with Crippen LogP contribution in [0.1, 0.15) is 30.1 Å². The summed E-state index contributed by atoms with van der Waals surface area (Å²) in [6.07, 6.45) is 1.51. The molecule has 1 saturated heterocycles. The summed E-state index contributed by atoms with van der Waals surface area (Å²) in [4.78, 5) is 2.30. The molecule has 1 unspecified atom stereocenters. The van der Waals surface area contributed by atoms with Crippen molar-refractivity contribution in [3.63, 3.8) is 0 Å². The molecule has 0 amide bonds. The Hall–Kier alpha value is -1.75. The summed E-state index contributed by atoms with van der Waals surface area (Å²) >= 11 is 0. The van der Waals surface area contributed by atoms with E-state index in [-0.39, 0.29) is 5.82 Å². The topological polar surface area (TPSA) is 32.7 Å². The Morgan fingerprint density at radius 3 is 2.40 bits per heavy atom. The Bertz CT molecular complexity index is 626. The van der Waals surface area contributed by atoms with Crippen molar-refractivity contribution in [2.75, 3.05) is 26.3 Å². The Balaban J connectivity index is 1.66. The van der Waals surface area contributed by atoms with Crippen molar-refractivity contribution in [2.24, 2.45) is 5.92 Å². The number of aliphatic hydroxyl groups is 1. The third-order valence-corrected chi connectivity index (χ3v) is 4.79. The number of benzene rings is 2. The maximum Gasteiger partial charge on any atom is 0.123 e. The van der Waals surface area contributed by atoms with Crippen LogP contribution < -0.4 is 0 Å². The van der Waals surface area contributed by atoms with Gasteiger partial charge >= 0.3 is 0 Å². The minimum Gasteiger partial charge on any atom is -0.387 e. The lowest BCUT2D eigenvalue weighted by atomic mass is 9.98. The van der Waals surface area contributed by atoms with Crippen LogP contribution >= 0.6 is 0 Å². The molecule has 134 valence electrons. The second-order valence-corrected chi connectivity index (χ2v) is 6.80. The first-order valence-corrected chi connectivity index (χ1v) is 8.98. The Labute approximate surface area is 149 Å². The summed E-state index contributed by atoms with van der Waals surface area (Å²) in [6, 6.07) is 16.4. The molecular weight excluding hydrogens is 317 g/mol. The molecule has 0 aliphatic carbocycles. The number of aliphatic hydroxyl groups excluding tert-OH is 1. The van der Waals surface area contributed by atoms with E-state index in [1.165, 1.54) is 17.7 Å². The van der Waals surface area contributed by atoms with E-state index in [1.807, 2.05) is 18.2 Å². The molecule has 25 heavy (non-hydrogen) atoms. The third kappa shape index (κ3) is 5.63. The Kier molecular flexibility index (Phi) is 6.56. The highest BCUT2D eigenvalue weighted by atomic mass is 19.1. The molecule has 0 radical (unpaired) electrons. The molecule has 1 fully saturated rings. The van der Waals surface area contributed by atoms with E-state index in [9.17, 15) is 9.50 Å². The van der Waals surface area contributed by atoms with Crippen molar-refractivity contribution in [1.82, 2.24) is 4.90 Å². The Morgan fingerprint density at radius 2 is 1.72 bits per heavy atom. The van der Waals surface area contributed by atoms with Gasteiger partial charge in [0.25, 0.3) is 0 Å². The van der Waals surface area contributed by atoms with Gasteiger partial charge in [0.05, 0.1) is 6.10 Å². The summed E-state index contributed by atoms with van der Waals surface area (Å²) in [5.74, 6) is 0.317. The normalized spacial score (nSPS) is 16.9. The number of nitrogens with zero attached hydrogens (tertiary/aromatic N) is 1. The van der Waals surface area contributed by atoms with Crippen molar-refractivity contribution < 1.29 is 14.2 Å². The summed E-state index contributed by atoms with van der Waals surface area (Å²) in [5.41, 5.74) is 1.99. The standard InChI is InChI=1S/C21H26FNO2/c22-20-8-6-19(7-9-20)21(24)16-23(14-17-4-2-1-3-5-17)15-18-10-12-25-13-11-18/h1-9,18,21,24H,10-16H2. The lowest BCUT2D eigenvalue weighted by Crippen LogP contribution is -2.35. The number of rotatable bonds is 7. The van der Waals surface area contributed by atoms with Crippen molar-refractivity contribution in [3.8, 4) is 0 Å². The average Bonchev–Trinajstić information content (AvgIpc) is 2.64. The van der Waals surface area contributed by atoms with Crippen LogP contribution in [0, 0.1) is 11.7 Å². The highest BCUT2D eigenvalue weighted by Crippen LogP contribution is 2.21. The molecule has 0 bridgehead atoms. The van der Waals surface area contributed by atoms with E-state index >= 15 is 0 Å². The molecule has 2 aromatic rings. The van der Waals surface area contributed by atoms with Crippen molar-refractivity contribution in [1.29, 1.82) is 0 Å². The van der Waals surface area contributed by atoms with Gasteiger partial charge in [0, 0.05) is 32.8 Å².